The van der Waals surface area contributed by atoms with Gasteiger partial charge in [-0.05, 0) is 30.3 Å². The number of rotatable bonds is 3. The number of anilines is 2. The summed E-state index contributed by atoms with van der Waals surface area (Å²) in [7, 11) is 0. The van der Waals surface area contributed by atoms with Crippen LogP contribution in [0.25, 0.3) is 83.6 Å². The molecule has 6 aromatic carbocycles. The first-order valence-corrected chi connectivity index (χ1v) is 15.0. The van der Waals surface area contributed by atoms with Crippen molar-refractivity contribution in [3.63, 3.8) is 0 Å². The third-order valence-electron chi connectivity index (χ3n) is 8.76. The van der Waals surface area contributed by atoms with E-state index in [1.165, 1.54) is 0 Å². The summed E-state index contributed by atoms with van der Waals surface area (Å²) in [5, 5.41) is 8.21. The molecule has 0 saturated heterocycles. The van der Waals surface area contributed by atoms with Crippen molar-refractivity contribution >= 4 is 55.1 Å². The SMILES string of the molecule is c1ccc(-c2nc(-c3ccccc3)nc(-c3cccc4c3-n3c5c(cccc5c5ccc6c7ccccc7oc6c53)N4)n2)cc1. The van der Waals surface area contributed by atoms with E-state index in [9.17, 15) is 0 Å². The van der Waals surface area contributed by atoms with Crippen molar-refractivity contribution in [3.8, 4) is 39.9 Å². The van der Waals surface area contributed by atoms with Crippen LogP contribution in [0.5, 0.6) is 0 Å². The summed E-state index contributed by atoms with van der Waals surface area (Å²) < 4.78 is 8.98. The summed E-state index contributed by atoms with van der Waals surface area (Å²) in [4.78, 5) is 15.1. The highest BCUT2D eigenvalue weighted by atomic mass is 16.3. The third-order valence-corrected chi connectivity index (χ3v) is 8.76. The molecule has 0 bridgehead atoms. The number of nitrogens with one attached hydrogen (secondary N) is 1. The van der Waals surface area contributed by atoms with Crippen LogP contribution in [0.4, 0.5) is 11.4 Å². The van der Waals surface area contributed by atoms with Gasteiger partial charge in [0.15, 0.2) is 23.1 Å². The lowest BCUT2D eigenvalue weighted by atomic mass is 10.1. The van der Waals surface area contributed by atoms with E-state index in [1.54, 1.807) is 0 Å². The van der Waals surface area contributed by atoms with Crippen LogP contribution >= 0.6 is 0 Å². The normalized spacial score (nSPS) is 12.2. The fourth-order valence-corrected chi connectivity index (χ4v) is 6.79. The predicted octanol–water partition coefficient (Wildman–Crippen LogP) is 9.93. The van der Waals surface area contributed by atoms with Crippen LogP contribution in [0.2, 0.25) is 0 Å². The number of para-hydroxylation sites is 3. The largest absolute Gasteiger partial charge is 0.454 e. The van der Waals surface area contributed by atoms with Crippen molar-refractivity contribution in [2.24, 2.45) is 0 Å². The Kier molecular flexibility index (Phi) is 4.90. The summed E-state index contributed by atoms with van der Waals surface area (Å²) >= 11 is 0. The topological polar surface area (TPSA) is 68.8 Å². The van der Waals surface area contributed by atoms with Gasteiger partial charge in [0, 0.05) is 38.2 Å². The average Bonchev–Trinajstić information content (AvgIpc) is 3.66. The lowest BCUT2D eigenvalue weighted by Gasteiger charge is -2.24. The summed E-state index contributed by atoms with van der Waals surface area (Å²) in [6.45, 7) is 0. The maximum atomic E-state index is 6.63. The van der Waals surface area contributed by atoms with E-state index in [0.717, 1.165) is 77.5 Å². The van der Waals surface area contributed by atoms with Crippen LogP contribution in [0.3, 0.4) is 0 Å². The number of hydrogen-bond donors (Lipinski definition) is 1. The Morgan fingerprint density at radius 2 is 1.07 bits per heavy atom. The average molecular weight is 578 g/mol. The maximum absolute atomic E-state index is 6.63. The van der Waals surface area contributed by atoms with E-state index >= 15 is 0 Å². The van der Waals surface area contributed by atoms with Crippen LogP contribution in [-0.2, 0) is 0 Å². The molecule has 0 saturated carbocycles. The Morgan fingerprint density at radius 3 is 1.84 bits per heavy atom. The molecule has 0 amide bonds. The first kappa shape index (κ1) is 24.2. The highest BCUT2D eigenvalue weighted by molar-refractivity contribution is 6.24. The Bertz CT molecular complexity index is 2560. The Balaban J connectivity index is 1.33. The van der Waals surface area contributed by atoms with Gasteiger partial charge in [0.2, 0.25) is 0 Å². The molecule has 6 heteroatoms. The molecule has 1 aliphatic rings. The molecule has 0 fully saturated rings. The third kappa shape index (κ3) is 3.48. The van der Waals surface area contributed by atoms with Gasteiger partial charge < -0.3 is 14.3 Å². The molecule has 0 aliphatic carbocycles. The predicted molar refractivity (Wildman–Crippen MR) is 181 cm³/mol. The van der Waals surface area contributed by atoms with Gasteiger partial charge in [-0.15, -0.1) is 0 Å². The van der Waals surface area contributed by atoms with Gasteiger partial charge in [-0.3, -0.25) is 0 Å². The van der Waals surface area contributed by atoms with Gasteiger partial charge in [-0.25, -0.2) is 15.0 Å². The van der Waals surface area contributed by atoms with Crippen molar-refractivity contribution in [1.82, 2.24) is 19.5 Å². The number of furan rings is 1. The summed E-state index contributed by atoms with van der Waals surface area (Å²) in [6.07, 6.45) is 0. The van der Waals surface area contributed by atoms with Crippen LogP contribution in [0, 0.1) is 0 Å². The minimum absolute atomic E-state index is 0.604. The van der Waals surface area contributed by atoms with Crippen molar-refractivity contribution < 1.29 is 4.42 Å². The first-order chi connectivity index (χ1) is 22.3. The molecule has 0 atom stereocenters. The highest BCUT2D eigenvalue weighted by Crippen LogP contribution is 2.48. The minimum atomic E-state index is 0.604. The van der Waals surface area contributed by atoms with Crippen LogP contribution in [0.1, 0.15) is 0 Å². The van der Waals surface area contributed by atoms with Gasteiger partial charge in [0.05, 0.1) is 28.1 Å². The molecule has 3 aromatic heterocycles. The highest BCUT2D eigenvalue weighted by Gasteiger charge is 2.28. The Morgan fingerprint density at radius 1 is 0.467 bits per heavy atom. The van der Waals surface area contributed by atoms with Crippen molar-refractivity contribution in [2.75, 3.05) is 5.32 Å². The molecule has 0 unspecified atom stereocenters. The molecule has 0 radical (unpaired) electrons. The number of nitrogens with zero attached hydrogens (tertiary/aromatic N) is 4. The quantitative estimate of drug-likeness (QED) is 0.226. The molecule has 1 aliphatic heterocycles. The Labute approximate surface area is 257 Å². The van der Waals surface area contributed by atoms with Crippen molar-refractivity contribution in [2.45, 2.75) is 0 Å². The molecule has 210 valence electrons. The summed E-state index contributed by atoms with van der Waals surface area (Å²) in [5.41, 5.74) is 9.63. The zero-order chi connectivity index (χ0) is 29.5. The standard InChI is InChI=1S/C39H23N5O/c1-3-11-23(12-4-1)37-41-38(24-13-5-2-6-14-24)43-39(42-37)29-17-10-19-31-34(29)44-33-26(16-9-18-30(33)40-31)27-21-22-28-25-15-7-8-20-32(25)45-36(28)35(27)44/h1-22,40H. The molecule has 0 spiro atoms. The van der Waals surface area contributed by atoms with E-state index < -0.39 is 0 Å². The lowest BCUT2D eigenvalue weighted by molar-refractivity contribution is 0.671. The van der Waals surface area contributed by atoms with Gasteiger partial charge >= 0.3 is 0 Å². The van der Waals surface area contributed by atoms with Gasteiger partial charge in [0.1, 0.15) is 5.58 Å². The van der Waals surface area contributed by atoms with Crippen LogP contribution < -0.4 is 5.32 Å². The van der Waals surface area contributed by atoms with E-state index in [-0.39, 0.29) is 0 Å². The lowest BCUT2D eigenvalue weighted by Crippen LogP contribution is -2.10. The Hall–Kier alpha value is -6.27. The van der Waals surface area contributed by atoms with E-state index in [2.05, 4.69) is 70.5 Å². The summed E-state index contributed by atoms with van der Waals surface area (Å²) in [5.74, 6) is 1.86. The molecular formula is C39H23N5O. The van der Waals surface area contributed by atoms with Crippen molar-refractivity contribution in [1.29, 1.82) is 0 Å². The maximum Gasteiger partial charge on any atom is 0.166 e. The molecular weight excluding hydrogens is 554 g/mol. The fourth-order valence-electron chi connectivity index (χ4n) is 6.79. The van der Waals surface area contributed by atoms with Crippen LogP contribution in [-0.4, -0.2) is 19.5 Å². The second-order valence-electron chi connectivity index (χ2n) is 11.3. The first-order valence-electron chi connectivity index (χ1n) is 15.0. The summed E-state index contributed by atoms with van der Waals surface area (Å²) in [6, 6.07) is 45.5. The molecule has 45 heavy (non-hydrogen) atoms. The smallest absolute Gasteiger partial charge is 0.166 e. The zero-order valence-electron chi connectivity index (χ0n) is 23.9. The second kappa shape index (κ2) is 9.11. The van der Waals surface area contributed by atoms with E-state index in [1.807, 2.05) is 72.8 Å². The molecule has 6 nitrogen and oxygen atoms in total. The fraction of sp³-hybridized carbons (Fsp3) is 0. The van der Waals surface area contributed by atoms with Crippen LogP contribution in [0.15, 0.2) is 138 Å². The van der Waals surface area contributed by atoms with Crippen molar-refractivity contribution in [3.05, 3.63) is 133 Å². The van der Waals surface area contributed by atoms with Gasteiger partial charge in [-0.2, -0.15) is 0 Å². The molecule has 9 aromatic rings. The molecule has 1 N–H and O–H groups in total. The van der Waals surface area contributed by atoms with Gasteiger partial charge in [0.25, 0.3) is 0 Å². The minimum Gasteiger partial charge on any atom is -0.454 e. The van der Waals surface area contributed by atoms with E-state index in [0.29, 0.717) is 17.5 Å². The molecule has 10 rings (SSSR count). The number of fused-ring (bicyclic) bond motifs is 9. The number of hydrogen-bond acceptors (Lipinski definition) is 5. The van der Waals surface area contributed by atoms with E-state index in [4.69, 9.17) is 19.4 Å². The van der Waals surface area contributed by atoms with Gasteiger partial charge in [-0.1, -0.05) is 103 Å². The molecule has 4 heterocycles. The monoisotopic (exact) mass is 577 g/mol. The number of aromatic nitrogens is 4. The zero-order valence-corrected chi connectivity index (χ0v) is 23.9. The number of benzene rings is 6. The second-order valence-corrected chi connectivity index (χ2v) is 11.3.